The first-order valence-electron chi connectivity index (χ1n) is 7.31. The maximum absolute atomic E-state index is 11.5. The number of ketones is 1. The zero-order valence-electron chi connectivity index (χ0n) is 13.2. The molecule has 0 saturated carbocycles. The highest BCUT2D eigenvalue weighted by molar-refractivity contribution is 6.35. The van der Waals surface area contributed by atoms with Crippen molar-refractivity contribution < 1.29 is 14.3 Å². The van der Waals surface area contributed by atoms with Crippen molar-refractivity contribution in [2.24, 2.45) is 5.92 Å². The zero-order valence-corrected chi connectivity index (χ0v) is 13.2. The van der Waals surface area contributed by atoms with Gasteiger partial charge in [0.2, 0.25) is 5.78 Å². The van der Waals surface area contributed by atoms with E-state index < -0.39 is 5.78 Å². The Morgan fingerprint density at radius 1 is 1.24 bits per heavy atom. The van der Waals surface area contributed by atoms with Crippen molar-refractivity contribution in [3.63, 3.8) is 0 Å². The van der Waals surface area contributed by atoms with Crippen LogP contribution in [0.5, 0.6) is 5.75 Å². The molecular formula is C17H23NO3. The molecule has 1 fully saturated rings. The minimum absolute atomic E-state index is 0.0346. The Hall–Kier alpha value is -1.84. The van der Waals surface area contributed by atoms with Crippen LogP contribution in [0.1, 0.15) is 33.3 Å². The molecule has 2 rings (SSSR count). The lowest BCUT2D eigenvalue weighted by Gasteiger charge is -2.38. The Kier molecular flexibility index (Phi) is 4.35. The summed E-state index contributed by atoms with van der Waals surface area (Å²) in [5.41, 5.74) is 1.22. The van der Waals surface area contributed by atoms with Crippen molar-refractivity contribution in [3.05, 3.63) is 29.8 Å². The highest BCUT2D eigenvalue weighted by Gasteiger charge is 2.33. The molecule has 0 bridgehead atoms. The van der Waals surface area contributed by atoms with Crippen LogP contribution in [0.25, 0.3) is 0 Å². The molecule has 1 heterocycles. The number of carbonyl (C=O) groups excluding carboxylic acids is 2. The van der Waals surface area contributed by atoms with Gasteiger partial charge in [0.15, 0.2) is 0 Å². The van der Waals surface area contributed by atoms with Crippen LogP contribution in [-0.2, 0) is 15.0 Å². The Morgan fingerprint density at radius 3 is 2.43 bits per heavy atom. The van der Waals surface area contributed by atoms with Gasteiger partial charge in [-0.3, -0.25) is 9.59 Å². The topological polar surface area (TPSA) is 46.6 Å². The molecule has 114 valence electrons. The molecule has 4 heteroatoms. The van der Waals surface area contributed by atoms with E-state index in [1.54, 1.807) is 4.90 Å². The maximum atomic E-state index is 11.5. The number of benzene rings is 1. The first-order valence-corrected chi connectivity index (χ1v) is 7.31. The van der Waals surface area contributed by atoms with Gasteiger partial charge in [0, 0.05) is 25.9 Å². The predicted molar refractivity (Wildman–Crippen MR) is 81.4 cm³/mol. The lowest BCUT2D eigenvalue weighted by atomic mass is 9.86. The number of hydrogen-bond donors (Lipinski definition) is 0. The normalized spacial score (nSPS) is 15.5. The molecule has 1 aliphatic rings. The van der Waals surface area contributed by atoms with E-state index in [-0.39, 0.29) is 11.3 Å². The number of carbonyl (C=O) groups is 2. The SMILES string of the molecule is CC(=O)C(=O)N1CC(COc2ccccc2C(C)(C)C)C1. The van der Waals surface area contributed by atoms with Crippen molar-refractivity contribution in [3.8, 4) is 5.75 Å². The van der Waals surface area contributed by atoms with Gasteiger partial charge in [0.25, 0.3) is 5.91 Å². The van der Waals surface area contributed by atoms with E-state index in [0.717, 1.165) is 5.75 Å². The molecule has 1 aromatic rings. The molecule has 0 spiro atoms. The minimum atomic E-state index is -0.396. The van der Waals surface area contributed by atoms with Crippen molar-refractivity contribution in [1.82, 2.24) is 4.90 Å². The van der Waals surface area contributed by atoms with Gasteiger partial charge in [-0.25, -0.2) is 0 Å². The summed E-state index contributed by atoms with van der Waals surface area (Å²) in [4.78, 5) is 24.0. The second-order valence-corrected chi connectivity index (χ2v) is 6.69. The average Bonchev–Trinajstić information content (AvgIpc) is 2.35. The number of likely N-dealkylation sites (tertiary alicyclic amines) is 1. The summed E-state index contributed by atoms with van der Waals surface area (Å²) in [6.45, 7) is 9.58. The van der Waals surface area contributed by atoms with Crippen LogP contribution >= 0.6 is 0 Å². The molecular weight excluding hydrogens is 266 g/mol. The fourth-order valence-corrected chi connectivity index (χ4v) is 2.48. The second kappa shape index (κ2) is 5.88. The number of ether oxygens (including phenoxy) is 1. The number of amides is 1. The quantitative estimate of drug-likeness (QED) is 0.800. The van der Waals surface area contributed by atoms with Gasteiger partial charge in [-0.2, -0.15) is 0 Å². The number of para-hydroxylation sites is 1. The van der Waals surface area contributed by atoms with Crippen LogP contribution in [0, 0.1) is 5.92 Å². The molecule has 0 radical (unpaired) electrons. The minimum Gasteiger partial charge on any atom is -0.493 e. The number of Topliss-reactive ketones (excluding diaryl/α,β-unsaturated/α-hetero) is 1. The van der Waals surface area contributed by atoms with E-state index in [4.69, 9.17) is 4.74 Å². The maximum Gasteiger partial charge on any atom is 0.289 e. The van der Waals surface area contributed by atoms with Crippen LogP contribution in [0.4, 0.5) is 0 Å². The Balaban J connectivity index is 1.89. The lowest BCUT2D eigenvalue weighted by Crippen LogP contribution is -2.53. The fourth-order valence-electron chi connectivity index (χ4n) is 2.48. The van der Waals surface area contributed by atoms with Crippen LogP contribution in [0.3, 0.4) is 0 Å². The predicted octanol–water partition coefficient (Wildman–Crippen LogP) is 2.41. The third-order valence-corrected chi connectivity index (χ3v) is 3.72. The van der Waals surface area contributed by atoms with Gasteiger partial charge in [-0.05, 0) is 17.0 Å². The van der Waals surface area contributed by atoms with Crippen LogP contribution in [0.2, 0.25) is 0 Å². The van der Waals surface area contributed by atoms with E-state index in [1.807, 2.05) is 18.2 Å². The van der Waals surface area contributed by atoms with Crippen LogP contribution in [-0.4, -0.2) is 36.3 Å². The average molecular weight is 289 g/mol. The van der Waals surface area contributed by atoms with Crippen molar-refractivity contribution in [1.29, 1.82) is 0 Å². The number of hydrogen-bond acceptors (Lipinski definition) is 3. The zero-order chi connectivity index (χ0) is 15.6. The Morgan fingerprint density at radius 2 is 1.86 bits per heavy atom. The smallest absolute Gasteiger partial charge is 0.289 e. The molecule has 0 unspecified atom stereocenters. The summed E-state index contributed by atoms with van der Waals surface area (Å²) < 4.78 is 5.93. The molecule has 0 aromatic heterocycles. The summed E-state index contributed by atoms with van der Waals surface area (Å²) in [5.74, 6) is 0.427. The van der Waals surface area contributed by atoms with Gasteiger partial charge >= 0.3 is 0 Å². The summed E-state index contributed by atoms with van der Waals surface area (Å²) in [6, 6.07) is 8.06. The summed E-state index contributed by atoms with van der Waals surface area (Å²) in [6.07, 6.45) is 0. The van der Waals surface area contributed by atoms with Crippen molar-refractivity contribution in [2.45, 2.75) is 33.1 Å². The molecule has 4 nitrogen and oxygen atoms in total. The molecule has 0 N–H and O–H groups in total. The summed E-state index contributed by atoms with van der Waals surface area (Å²) in [5, 5.41) is 0. The third kappa shape index (κ3) is 3.63. The molecule has 1 amide bonds. The van der Waals surface area contributed by atoms with E-state index in [9.17, 15) is 9.59 Å². The molecule has 1 saturated heterocycles. The molecule has 0 aliphatic carbocycles. The summed E-state index contributed by atoms with van der Waals surface area (Å²) in [7, 11) is 0. The van der Waals surface area contributed by atoms with Gasteiger partial charge in [0.1, 0.15) is 5.75 Å². The van der Waals surface area contributed by atoms with Crippen LogP contribution in [0.15, 0.2) is 24.3 Å². The highest BCUT2D eigenvalue weighted by atomic mass is 16.5. The first kappa shape index (κ1) is 15.5. The Bertz CT molecular complexity index is 539. The van der Waals surface area contributed by atoms with E-state index in [2.05, 4.69) is 26.8 Å². The number of rotatable bonds is 4. The largest absolute Gasteiger partial charge is 0.493 e. The van der Waals surface area contributed by atoms with Gasteiger partial charge in [0.05, 0.1) is 6.61 Å². The second-order valence-electron chi connectivity index (χ2n) is 6.69. The standard InChI is InChI=1S/C17H23NO3/c1-12(19)16(20)18-9-13(10-18)11-21-15-8-6-5-7-14(15)17(2,3)4/h5-8,13H,9-11H2,1-4H3. The monoisotopic (exact) mass is 289 g/mol. The molecule has 0 atom stereocenters. The highest BCUT2D eigenvalue weighted by Crippen LogP contribution is 2.31. The van der Waals surface area contributed by atoms with E-state index >= 15 is 0 Å². The van der Waals surface area contributed by atoms with Crippen molar-refractivity contribution in [2.75, 3.05) is 19.7 Å². The van der Waals surface area contributed by atoms with E-state index in [1.165, 1.54) is 12.5 Å². The fraction of sp³-hybridized carbons (Fsp3) is 0.529. The van der Waals surface area contributed by atoms with E-state index in [0.29, 0.717) is 25.6 Å². The third-order valence-electron chi connectivity index (χ3n) is 3.72. The van der Waals surface area contributed by atoms with Gasteiger partial charge in [-0.15, -0.1) is 0 Å². The van der Waals surface area contributed by atoms with Crippen molar-refractivity contribution >= 4 is 11.7 Å². The molecule has 1 aliphatic heterocycles. The van der Waals surface area contributed by atoms with Gasteiger partial charge in [-0.1, -0.05) is 39.0 Å². The molecule has 21 heavy (non-hydrogen) atoms. The van der Waals surface area contributed by atoms with Gasteiger partial charge < -0.3 is 9.64 Å². The lowest BCUT2D eigenvalue weighted by molar-refractivity contribution is -0.148. The molecule has 1 aromatic carbocycles. The Labute approximate surface area is 126 Å². The number of nitrogens with zero attached hydrogens (tertiary/aromatic N) is 1. The summed E-state index contributed by atoms with van der Waals surface area (Å²) >= 11 is 0. The first-order chi connectivity index (χ1) is 9.79. The van der Waals surface area contributed by atoms with Crippen LogP contribution < -0.4 is 4.74 Å².